The van der Waals surface area contributed by atoms with Crippen LogP contribution in [0.4, 0.5) is 11.4 Å². The highest BCUT2D eigenvalue weighted by Gasteiger charge is 2.69. The van der Waals surface area contributed by atoms with E-state index < -0.39 is 23.4 Å². The van der Waals surface area contributed by atoms with Crippen LogP contribution >= 0.6 is 11.6 Å². The zero-order valence-corrected chi connectivity index (χ0v) is 20.5. The minimum Gasteiger partial charge on any atom is -0.497 e. The Kier molecular flexibility index (Phi) is 5.05. The Balaban J connectivity index is 1.63. The number of ketones is 2. The fraction of sp³-hybridized carbons (Fsp3) is 0.207. The molecule has 0 unspecified atom stereocenters. The van der Waals surface area contributed by atoms with Gasteiger partial charge < -0.3 is 15.0 Å². The number of nitrogens with one attached hydrogen (secondary N) is 1. The third-order valence-corrected chi connectivity index (χ3v) is 7.90. The number of nitrogens with zero attached hydrogens (tertiary/aromatic N) is 1. The molecule has 0 radical (unpaired) electrons. The van der Waals surface area contributed by atoms with Crippen molar-refractivity contribution in [2.45, 2.75) is 24.4 Å². The van der Waals surface area contributed by atoms with Crippen molar-refractivity contribution < 1.29 is 19.1 Å². The first-order valence-corrected chi connectivity index (χ1v) is 12.1. The summed E-state index contributed by atoms with van der Waals surface area (Å²) in [6.07, 6.45) is 3.85. The van der Waals surface area contributed by atoms with Crippen LogP contribution in [0.5, 0.6) is 5.75 Å². The predicted molar refractivity (Wildman–Crippen MR) is 139 cm³/mol. The summed E-state index contributed by atoms with van der Waals surface area (Å²) in [7, 11) is 1.56. The number of hydrogen-bond acceptors (Lipinski definition) is 5. The summed E-state index contributed by atoms with van der Waals surface area (Å²) >= 11 is 6.27. The normalized spacial score (nSPS) is 25.2. The smallest absolute Gasteiger partial charge is 0.238 e. The van der Waals surface area contributed by atoms with Gasteiger partial charge in [-0.25, -0.2) is 0 Å². The Morgan fingerprint density at radius 1 is 1.06 bits per heavy atom. The van der Waals surface area contributed by atoms with E-state index in [0.29, 0.717) is 22.0 Å². The SMILES string of the molecule is COc1ccc(C(=O)[C@H]2[C@H](C(C)=O)N3c4ccc(Cl)cc4C=C[C@@H]3[C@]23C(=O)Nc2ccccc23)cc1. The van der Waals surface area contributed by atoms with Crippen molar-refractivity contribution in [1.82, 2.24) is 0 Å². The summed E-state index contributed by atoms with van der Waals surface area (Å²) in [4.78, 5) is 43.7. The lowest BCUT2D eigenvalue weighted by Gasteiger charge is -2.37. The fourth-order valence-electron chi connectivity index (χ4n) is 6.24. The van der Waals surface area contributed by atoms with Crippen LogP contribution in [0.2, 0.25) is 5.02 Å². The van der Waals surface area contributed by atoms with E-state index >= 15 is 0 Å². The van der Waals surface area contributed by atoms with Gasteiger partial charge in [0.2, 0.25) is 5.91 Å². The third kappa shape index (κ3) is 2.94. The Hall–Kier alpha value is -3.90. The maximum atomic E-state index is 14.3. The van der Waals surface area contributed by atoms with E-state index in [1.54, 1.807) is 37.4 Å². The second-order valence-electron chi connectivity index (χ2n) is 9.41. The minimum atomic E-state index is -1.29. The predicted octanol–water partition coefficient (Wildman–Crippen LogP) is 4.91. The number of amides is 1. The van der Waals surface area contributed by atoms with E-state index in [1.807, 2.05) is 53.5 Å². The number of rotatable bonds is 4. The molecule has 0 bridgehead atoms. The number of halogens is 1. The topological polar surface area (TPSA) is 75.7 Å². The highest BCUT2D eigenvalue weighted by atomic mass is 35.5. The number of Topliss-reactive ketones (excluding diaryl/α,β-unsaturated/α-hetero) is 2. The lowest BCUT2D eigenvalue weighted by atomic mass is 9.64. The number of para-hydroxylation sites is 1. The van der Waals surface area contributed by atoms with E-state index in [2.05, 4.69) is 5.32 Å². The molecular weight excluding hydrogens is 476 g/mol. The van der Waals surface area contributed by atoms with Crippen molar-refractivity contribution in [1.29, 1.82) is 0 Å². The lowest BCUT2D eigenvalue weighted by molar-refractivity contribution is -0.122. The van der Waals surface area contributed by atoms with Gasteiger partial charge in [-0.05, 0) is 66.6 Å². The van der Waals surface area contributed by atoms with Gasteiger partial charge in [0, 0.05) is 22.0 Å². The summed E-state index contributed by atoms with van der Waals surface area (Å²) in [6, 6.07) is 18.3. The van der Waals surface area contributed by atoms with Gasteiger partial charge in [-0.3, -0.25) is 14.4 Å². The molecule has 7 heteroatoms. The largest absolute Gasteiger partial charge is 0.497 e. The molecule has 1 fully saturated rings. The maximum Gasteiger partial charge on any atom is 0.238 e. The van der Waals surface area contributed by atoms with Gasteiger partial charge in [-0.2, -0.15) is 0 Å². The number of anilines is 2. The zero-order chi connectivity index (χ0) is 25.2. The van der Waals surface area contributed by atoms with Crippen molar-refractivity contribution in [2.75, 3.05) is 17.3 Å². The van der Waals surface area contributed by atoms with E-state index in [-0.39, 0.29) is 17.5 Å². The molecule has 3 aromatic carbocycles. The Labute approximate surface area is 213 Å². The molecule has 0 aliphatic carbocycles. The molecule has 3 aromatic rings. The zero-order valence-electron chi connectivity index (χ0n) is 19.7. The third-order valence-electron chi connectivity index (χ3n) is 7.67. The molecule has 3 aliphatic rings. The number of carbonyl (C=O) groups is 3. The Morgan fingerprint density at radius 3 is 2.53 bits per heavy atom. The molecule has 4 atom stereocenters. The fourth-order valence-corrected chi connectivity index (χ4v) is 6.42. The van der Waals surface area contributed by atoms with Crippen molar-refractivity contribution in [2.24, 2.45) is 5.92 Å². The van der Waals surface area contributed by atoms with Crippen molar-refractivity contribution in [3.8, 4) is 5.75 Å². The van der Waals surface area contributed by atoms with Gasteiger partial charge >= 0.3 is 0 Å². The maximum absolute atomic E-state index is 14.3. The van der Waals surface area contributed by atoms with Crippen molar-refractivity contribution in [3.63, 3.8) is 0 Å². The summed E-state index contributed by atoms with van der Waals surface area (Å²) < 4.78 is 5.26. The highest BCUT2D eigenvalue weighted by Crippen LogP contribution is 2.57. The van der Waals surface area contributed by atoms with Crippen LogP contribution in [0.25, 0.3) is 6.08 Å². The average molecular weight is 499 g/mol. The first-order valence-electron chi connectivity index (χ1n) is 11.7. The van der Waals surface area contributed by atoms with Crippen molar-refractivity contribution >= 4 is 46.5 Å². The molecule has 36 heavy (non-hydrogen) atoms. The Bertz CT molecular complexity index is 1460. The molecule has 0 saturated carbocycles. The van der Waals surface area contributed by atoms with Crippen LogP contribution < -0.4 is 15.0 Å². The molecule has 1 spiro atoms. The molecule has 6 nitrogen and oxygen atoms in total. The minimum absolute atomic E-state index is 0.183. The first-order chi connectivity index (χ1) is 17.4. The van der Waals surface area contributed by atoms with Crippen LogP contribution in [0, 0.1) is 5.92 Å². The quantitative estimate of drug-likeness (QED) is 0.517. The number of fused-ring (bicyclic) bond motifs is 6. The van der Waals surface area contributed by atoms with E-state index in [4.69, 9.17) is 16.3 Å². The molecule has 1 saturated heterocycles. The monoisotopic (exact) mass is 498 g/mol. The molecule has 0 aromatic heterocycles. The molecule has 3 aliphatic heterocycles. The van der Waals surface area contributed by atoms with Crippen molar-refractivity contribution in [3.05, 3.63) is 94.5 Å². The average Bonchev–Trinajstić information content (AvgIpc) is 3.36. The van der Waals surface area contributed by atoms with Crippen LogP contribution in [0.1, 0.15) is 28.4 Å². The number of methoxy groups -OCH3 is 1. The van der Waals surface area contributed by atoms with Gasteiger partial charge in [0.05, 0.1) is 25.1 Å². The number of ether oxygens (including phenoxy) is 1. The van der Waals surface area contributed by atoms with Gasteiger partial charge in [0.15, 0.2) is 11.6 Å². The second-order valence-corrected chi connectivity index (χ2v) is 9.85. The summed E-state index contributed by atoms with van der Waals surface area (Å²) in [5.41, 5.74) is 2.12. The molecule has 180 valence electrons. The molecule has 3 heterocycles. The van der Waals surface area contributed by atoms with Gasteiger partial charge in [0.25, 0.3) is 0 Å². The Morgan fingerprint density at radius 2 is 1.81 bits per heavy atom. The summed E-state index contributed by atoms with van der Waals surface area (Å²) in [5.74, 6) is -1.06. The first kappa shape index (κ1) is 22.6. The van der Waals surface area contributed by atoms with E-state index in [9.17, 15) is 14.4 Å². The molecule has 6 rings (SSSR count). The number of carbonyl (C=O) groups excluding carboxylic acids is 3. The van der Waals surface area contributed by atoms with Crippen LogP contribution in [0.15, 0.2) is 72.8 Å². The summed E-state index contributed by atoms with van der Waals surface area (Å²) in [6.45, 7) is 1.49. The lowest BCUT2D eigenvalue weighted by Crippen LogP contribution is -2.51. The number of hydrogen-bond donors (Lipinski definition) is 1. The number of benzene rings is 3. The second kappa shape index (κ2) is 8.07. The molecule has 1 N–H and O–H groups in total. The van der Waals surface area contributed by atoms with E-state index in [0.717, 1.165) is 16.8 Å². The van der Waals surface area contributed by atoms with Gasteiger partial charge in [-0.1, -0.05) is 42.0 Å². The van der Waals surface area contributed by atoms with E-state index in [1.165, 1.54) is 6.92 Å². The highest BCUT2D eigenvalue weighted by molar-refractivity contribution is 6.31. The van der Waals surface area contributed by atoms with Gasteiger partial charge in [-0.15, -0.1) is 0 Å². The van der Waals surface area contributed by atoms with Crippen LogP contribution in [0.3, 0.4) is 0 Å². The summed E-state index contributed by atoms with van der Waals surface area (Å²) in [5, 5.41) is 3.58. The standard InChI is InChI=1S/C29H23ClN2O4/c1-16(33)26-25(27(34)17-7-11-20(36-2)12-8-17)29(21-5-3-4-6-22(21)31-28(29)35)24-14-9-18-15-19(30)10-13-23(18)32(24)26/h3-15,24-26H,1-2H3,(H,31,35)/t24-,25-,26+,29+/m1/s1. The molecular formula is C29H23ClN2O4. The van der Waals surface area contributed by atoms with Gasteiger partial charge in [0.1, 0.15) is 11.2 Å². The van der Waals surface area contributed by atoms with Crippen LogP contribution in [-0.4, -0.2) is 36.7 Å². The van der Waals surface area contributed by atoms with Crippen LogP contribution in [-0.2, 0) is 15.0 Å². The molecule has 1 amide bonds.